The summed E-state index contributed by atoms with van der Waals surface area (Å²) in [5, 5.41) is 0. The fourth-order valence-electron chi connectivity index (χ4n) is 1.75. The van der Waals surface area contributed by atoms with E-state index < -0.39 is 0 Å². The van der Waals surface area contributed by atoms with Crippen molar-refractivity contribution in [2.45, 2.75) is 0 Å². The van der Waals surface area contributed by atoms with Gasteiger partial charge in [-0.25, -0.2) is 9.48 Å². The molecular formula is C12H18N3O3+. The first kappa shape index (κ1) is 12.6. The molecule has 0 N–H and O–H groups in total. The Morgan fingerprint density at radius 2 is 2.06 bits per heavy atom. The summed E-state index contributed by atoms with van der Waals surface area (Å²) in [5.74, 6) is 0. The lowest BCUT2D eigenvalue weighted by Gasteiger charge is -2.23. The Balaban J connectivity index is 2.20. The summed E-state index contributed by atoms with van der Waals surface area (Å²) in [6.07, 6.45) is 1.60. The first-order chi connectivity index (χ1) is 8.68. The Hall–Kier alpha value is -1.82. The van der Waals surface area contributed by atoms with Gasteiger partial charge in [-0.3, -0.25) is 9.63 Å². The van der Waals surface area contributed by atoms with E-state index in [0.29, 0.717) is 19.2 Å². The van der Waals surface area contributed by atoms with Crippen LogP contribution in [-0.2, 0) is 4.74 Å². The monoisotopic (exact) mass is 252 g/mol. The molecule has 98 valence electrons. The van der Waals surface area contributed by atoms with Crippen molar-refractivity contribution >= 4 is 6.02 Å². The van der Waals surface area contributed by atoms with Gasteiger partial charge in [-0.1, -0.05) is 6.07 Å². The Morgan fingerprint density at radius 3 is 2.67 bits per heavy atom. The fourth-order valence-corrected chi connectivity index (χ4v) is 1.75. The Morgan fingerprint density at radius 1 is 1.33 bits per heavy atom. The summed E-state index contributed by atoms with van der Waals surface area (Å²) in [7, 11) is 3.78. The molecule has 1 aromatic heterocycles. The van der Waals surface area contributed by atoms with Crippen molar-refractivity contribution in [1.29, 1.82) is 0 Å². The first-order valence-corrected chi connectivity index (χ1v) is 5.91. The number of hydrogen-bond donors (Lipinski definition) is 0. The van der Waals surface area contributed by atoms with Crippen molar-refractivity contribution in [3.8, 4) is 0 Å². The van der Waals surface area contributed by atoms with E-state index in [9.17, 15) is 4.79 Å². The van der Waals surface area contributed by atoms with Crippen LogP contribution in [0.25, 0.3) is 0 Å². The van der Waals surface area contributed by atoms with Gasteiger partial charge in [0.15, 0.2) is 0 Å². The lowest BCUT2D eigenvalue weighted by molar-refractivity contribution is -0.481. The van der Waals surface area contributed by atoms with E-state index >= 15 is 0 Å². The Bertz CT molecular complexity index is 485. The zero-order valence-corrected chi connectivity index (χ0v) is 10.7. The third kappa shape index (κ3) is 2.89. The molecule has 1 aliphatic heterocycles. The molecule has 2 rings (SSSR count). The van der Waals surface area contributed by atoms with Crippen LogP contribution in [0.2, 0.25) is 0 Å². The zero-order chi connectivity index (χ0) is 13.0. The van der Waals surface area contributed by atoms with Gasteiger partial charge < -0.3 is 4.74 Å². The number of rotatable bonds is 1. The molecule has 2 heterocycles. The lowest BCUT2D eigenvalue weighted by Crippen LogP contribution is -2.49. The maximum absolute atomic E-state index is 11.6. The number of hydrogen-bond acceptors (Lipinski definition) is 3. The molecule has 1 aliphatic rings. The van der Waals surface area contributed by atoms with Gasteiger partial charge in [0.25, 0.3) is 5.56 Å². The van der Waals surface area contributed by atoms with E-state index in [4.69, 9.17) is 9.57 Å². The van der Waals surface area contributed by atoms with Crippen LogP contribution in [-0.4, -0.2) is 60.6 Å². The second-order valence-electron chi connectivity index (χ2n) is 4.23. The van der Waals surface area contributed by atoms with Crippen LogP contribution in [0.5, 0.6) is 0 Å². The minimum Gasteiger partial charge on any atom is -0.373 e. The van der Waals surface area contributed by atoms with Gasteiger partial charge in [0.2, 0.25) is 0 Å². The maximum Gasteiger partial charge on any atom is 0.471 e. The predicted octanol–water partition coefficient (Wildman–Crippen LogP) is -0.763. The van der Waals surface area contributed by atoms with Crippen molar-refractivity contribution < 1.29 is 14.1 Å². The summed E-state index contributed by atoms with van der Waals surface area (Å²) in [4.78, 5) is 19.3. The molecule has 1 aromatic rings. The van der Waals surface area contributed by atoms with E-state index in [1.165, 1.54) is 10.8 Å². The number of amidine groups is 1. The predicted molar refractivity (Wildman–Crippen MR) is 66.8 cm³/mol. The van der Waals surface area contributed by atoms with E-state index in [2.05, 4.69) is 4.90 Å². The van der Waals surface area contributed by atoms with E-state index in [-0.39, 0.29) is 5.56 Å². The van der Waals surface area contributed by atoms with Crippen LogP contribution in [0.3, 0.4) is 0 Å². The largest absolute Gasteiger partial charge is 0.471 e. The highest BCUT2D eigenvalue weighted by Crippen LogP contribution is 1.98. The molecule has 0 aliphatic carbocycles. The van der Waals surface area contributed by atoms with Gasteiger partial charge in [0, 0.05) is 12.3 Å². The summed E-state index contributed by atoms with van der Waals surface area (Å²) >= 11 is 0. The molecule has 0 spiro atoms. The number of morpholine rings is 1. The van der Waals surface area contributed by atoms with Crippen LogP contribution < -0.4 is 10.4 Å². The molecular weight excluding hydrogens is 234 g/mol. The standard InChI is InChI=1S/C12H18N3O3/c1-13(2)12(14-7-9-17-10-8-14)18-15-6-4-3-5-11(15)16/h3-6H,7-10H2,1-2H3/q+1. The topological polar surface area (TPSA) is 46.7 Å². The zero-order valence-electron chi connectivity index (χ0n) is 10.7. The van der Waals surface area contributed by atoms with Gasteiger partial charge in [0.05, 0.1) is 27.3 Å². The normalized spacial score (nSPS) is 15.3. The number of aromatic nitrogens is 1. The summed E-state index contributed by atoms with van der Waals surface area (Å²) < 4.78 is 8.38. The summed E-state index contributed by atoms with van der Waals surface area (Å²) in [6.45, 7) is 2.86. The molecule has 1 saturated heterocycles. The summed E-state index contributed by atoms with van der Waals surface area (Å²) in [5.41, 5.74) is -0.190. The fraction of sp³-hybridized carbons (Fsp3) is 0.500. The van der Waals surface area contributed by atoms with Gasteiger partial charge >= 0.3 is 6.02 Å². The third-order valence-electron chi connectivity index (χ3n) is 2.63. The molecule has 6 nitrogen and oxygen atoms in total. The lowest BCUT2D eigenvalue weighted by atomic mass is 10.4. The minimum atomic E-state index is -0.190. The highest BCUT2D eigenvalue weighted by Gasteiger charge is 2.26. The molecule has 0 saturated carbocycles. The molecule has 0 aromatic carbocycles. The number of ether oxygens (including phenoxy) is 1. The van der Waals surface area contributed by atoms with Crippen LogP contribution in [0.1, 0.15) is 0 Å². The SMILES string of the molecule is C[N+](C)=C(On1ccccc1=O)N1CCOCC1. The molecule has 1 fully saturated rings. The van der Waals surface area contributed by atoms with Gasteiger partial charge in [0.1, 0.15) is 13.1 Å². The Labute approximate surface area is 106 Å². The smallest absolute Gasteiger partial charge is 0.373 e. The molecule has 0 amide bonds. The third-order valence-corrected chi connectivity index (χ3v) is 2.63. The molecule has 0 bridgehead atoms. The maximum atomic E-state index is 11.6. The molecule has 0 atom stereocenters. The summed E-state index contributed by atoms with van der Waals surface area (Å²) in [6, 6.07) is 5.55. The number of nitrogens with zero attached hydrogens (tertiary/aromatic N) is 3. The Kier molecular flexibility index (Phi) is 3.99. The minimum absolute atomic E-state index is 0.190. The van der Waals surface area contributed by atoms with Crippen LogP contribution >= 0.6 is 0 Å². The van der Waals surface area contributed by atoms with E-state index in [1.807, 2.05) is 18.7 Å². The average molecular weight is 252 g/mol. The van der Waals surface area contributed by atoms with E-state index in [1.54, 1.807) is 18.3 Å². The van der Waals surface area contributed by atoms with Crippen molar-refractivity contribution in [2.24, 2.45) is 0 Å². The number of pyridine rings is 1. The highest BCUT2D eigenvalue weighted by molar-refractivity contribution is 5.68. The van der Waals surface area contributed by atoms with Gasteiger partial charge in [-0.2, -0.15) is 0 Å². The van der Waals surface area contributed by atoms with Crippen LogP contribution in [0.15, 0.2) is 29.2 Å². The average Bonchev–Trinajstić information content (AvgIpc) is 2.38. The first-order valence-electron chi connectivity index (χ1n) is 5.91. The van der Waals surface area contributed by atoms with Crippen LogP contribution in [0.4, 0.5) is 0 Å². The second-order valence-corrected chi connectivity index (χ2v) is 4.23. The molecule has 0 radical (unpaired) electrons. The van der Waals surface area contributed by atoms with Crippen molar-refractivity contribution in [3.63, 3.8) is 0 Å². The van der Waals surface area contributed by atoms with Crippen molar-refractivity contribution in [2.75, 3.05) is 40.4 Å². The van der Waals surface area contributed by atoms with Gasteiger partial charge in [-0.15, -0.1) is 4.73 Å². The molecule has 6 heteroatoms. The van der Waals surface area contributed by atoms with Crippen molar-refractivity contribution in [3.05, 3.63) is 34.7 Å². The second kappa shape index (κ2) is 5.68. The van der Waals surface area contributed by atoms with Crippen molar-refractivity contribution in [1.82, 2.24) is 9.63 Å². The van der Waals surface area contributed by atoms with Gasteiger partial charge in [-0.05, 0) is 6.07 Å². The van der Waals surface area contributed by atoms with E-state index in [0.717, 1.165) is 13.1 Å². The van der Waals surface area contributed by atoms with Crippen LogP contribution in [0, 0.1) is 0 Å². The quantitative estimate of drug-likeness (QED) is 0.374. The highest BCUT2D eigenvalue weighted by atomic mass is 16.7. The molecule has 18 heavy (non-hydrogen) atoms. The molecule has 0 unspecified atom stereocenters.